The Morgan fingerprint density at radius 1 is 1.20 bits per heavy atom. The maximum atomic E-state index is 12.5. The second kappa shape index (κ2) is 4.74. The van der Waals surface area contributed by atoms with Crippen LogP contribution in [0, 0.1) is 5.92 Å². The number of piperazine rings is 1. The first-order valence-electron chi connectivity index (χ1n) is 7.53. The molecule has 2 saturated heterocycles. The highest BCUT2D eigenvalue weighted by Gasteiger charge is 2.42. The Morgan fingerprint density at radius 2 is 2.10 bits per heavy atom. The minimum absolute atomic E-state index is 0.125. The zero-order valence-corrected chi connectivity index (χ0v) is 11.6. The monoisotopic (exact) mass is 272 g/mol. The van der Waals surface area contributed by atoms with Crippen molar-refractivity contribution in [1.82, 2.24) is 14.8 Å². The van der Waals surface area contributed by atoms with E-state index in [-0.39, 0.29) is 6.03 Å². The number of urea groups is 1. The van der Waals surface area contributed by atoms with Crippen molar-refractivity contribution in [2.75, 3.05) is 37.6 Å². The SMILES string of the molecule is O=C1N(c2ccccn2)C[C@H]2CN(CC3CC3)CCN12. The van der Waals surface area contributed by atoms with Gasteiger partial charge in [0.15, 0.2) is 0 Å². The minimum atomic E-state index is 0.125. The Labute approximate surface area is 119 Å². The third-order valence-electron chi connectivity index (χ3n) is 4.58. The lowest BCUT2D eigenvalue weighted by Gasteiger charge is -2.36. The second-order valence-electron chi connectivity index (χ2n) is 6.13. The zero-order valence-electron chi connectivity index (χ0n) is 11.6. The van der Waals surface area contributed by atoms with Gasteiger partial charge in [-0.15, -0.1) is 0 Å². The van der Waals surface area contributed by atoms with Crippen LogP contribution in [-0.4, -0.2) is 59.6 Å². The van der Waals surface area contributed by atoms with Crippen molar-refractivity contribution in [2.45, 2.75) is 18.9 Å². The summed E-state index contributed by atoms with van der Waals surface area (Å²) in [7, 11) is 0. The average Bonchev–Trinajstić information content (AvgIpc) is 3.23. The number of hydrogen-bond acceptors (Lipinski definition) is 3. The van der Waals surface area contributed by atoms with Gasteiger partial charge in [-0.05, 0) is 30.9 Å². The number of carbonyl (C=O) groups excluding carboxylic acids is 1. The molecule has 106 valence electrons. The van der Waals surface area contributed by atoms with E-state index in [0.717, 1.165) is 37.9 Å². The molecule has 0 unspecified atom stereocenters. The van der Waals surface area contributed by atoms with E-state index in [9.17, 15) is 4.79 Å². The van der Waals surface area contributed by atoms with Gasteiger partial charge in [0.25, 0.3) is 0 Å². The number of amides is 2. The average molecular weight is 272 g/mol. The number of pyridine rings is 1. The van der Waals surface area contributed by atoms with Crippen LogP contribution in [0.5, 0.6) is 0 Å². The molecule has 1 aromatic rings. The highest BCUT2D eigenvalue weighted by Crippen LogP contribution is 2.31. The molecule has 20 heavy (non-hydrogen) atoms. The van der Waals surface area contributed by atoms with Gasteiger partial charge in [0.05, 0.1) is 12.6 Å². The van der Waals surface area contributed by atoms with Crippen LogP contribution in [0.1, 0.15) is 12.8 Å². The lowest BCUT2D eigenvalue weighted by Crippen LogP contribution is -2.52. The van der Waals surface area contributed by atoms with Crippen LogP contribution in [0.25, 0.3) is 0 Å². The van der Waals surface area contributed by atoms with Crippen LogP contribution in [0.4, 0.5) is 10.6 Å². The molecule has 4 rings (SSSR count). The summed E-state index contributed by atoms with van der Waals surface area (Å²) >= 11 is 0. The van der Waals surface area contributed by atoms with Crippen LogP contribution in [-0.2, 0) is 0 Å². The molecule has 1 aliphatic carbocycles. The summed E-state index contributed by atoms with van der Waals surface area (Å²) in [5, 5.41) is 0. The molecule has 3 fully saturated rings. The van der Waals surface area contributed by atoms with Gasteiger partial charge in [0.1, 0.15) is 5.82 Å². The van der Waals surface area contributed by atoms with Crippen LogP contribution in [0.3, 0.4) is 0 Å². The summed E-state index contributed by atoms with van der Waals surface area (Å²) in [6.45, 7) is 4.90. The van der Waals surface area contributed by atoms with E-state index in [4.69, 9.17) is 0 Å². The minimum Gasteiger partial charge on any atom is -0.317 e. The Bertz CT molecular complexity index is 502. The second-order valence-corrected chi connectivity index (χ2v) is 6.13. The summed E-state index contributed by atoms with van der Waals surface area (Å²) in [6.07, 6.45) is 4.53. The summed E-state index contributed by atoms with van der Waals surface area (Å²) in [6, 6.07) is 6.19. The molecular weight excluding hydrogens is 252 g/mol. The lowest BCUT2D eigenvalue weighted by atomic mass is 10.2. The Balaban J connectivity index is 1.47. The quantitative estimate of drug-likeness (QED) is 0.835. The summed E-state index contributed by atoms with van der Waals surface area (Å²) in [5.74, 6) is 1.70. The number of carbonyl (C=O) groups is 1. The van der Waals surface area contributed by atoms with E-state index in [0.29, 0.717) is 6.04 Å². The summed E-state index contributed by atoms with van der Waals surface area (Å²) in [5.41, 5.74) is 0. The van der Waals surface area contributed by atoms with E-state index in [1.807, 2.05) is 28.0 Å². The fourth-order valence-corrected chi connectivity index (χ4v) is 3.31. The van der Waals surface area contributed by atoms with Gasteiger partial charge in [0.2, 0.25) is 0 Å². The molecule has 2 aliphatic heterocycles. The number of aromatic nitrogens is 1. The van der Waals surface area contributed by atoms with Crippen molar-refractivity contribution in [2.24, 2.45) is 5.92 Å². The van der Waals surface area contributed by atoms with Gasteiger partial charge in [0, 0.05) is 32.4 Å². The van der Waals surface area contributed by atoms with Gasteiger partial charge in [-0.3, -0.25) is 9.80 Å². The molecule has 0 bridgehead atoms. The molecule has 3 aliphatic rings. The van der Waals surface area contributed by atoms with Gasteiger partial charge >= 0.3 is 6.03 Å². The first kappa shape index (κ1) is 12.1. The van der Waals surface area contributed by atoms with Crippen LogP contribution in [0.2, 0.25) is 0 Å². The molecule has 2 amide bonds. The number of anilines is 1. The van der Waals surface area contributed by atoms with E-state index in [2.05, 4.69) is 9.88 Å². The number of rotatable bonds is 3. The molecule has 0 spiro atoms. The van der Waals surface area contributed by atoms with Crippen molar-refractivity contribution >= 4 is 11.8 Å². The van der Waals surface area contributed by atoms with Crippen LogP contribution in [0.15, 0.2) is 24.4 Å². The smallest absolute Gasteiger partial charge is 0.317 e. The number of hydrogen-bond donors (Lipinski definition) is 0. The predicted octanol–water partition coefficient (Wildman–Crippen LogP) is 1.42. The maximum Gasteiger partial charge on any atom is 0.326 e. The highest BCUT2D eigenvalue weighted by molar-refractivity contribution is 5.93. The first-order chi connectivity index (χ1) is 9.81. The topological polar surface area (TPSA) is 39.7 Å². The molecule has 0 aromatic carbocycles. The molecule has 0 N–H and O–H groups in total. The van der Waals surface area contributed by atoms with Gasteiger partial charge in [-0.2, -0.15) is 0 Å². The maximum absolute atomic E-state index is 12.5. The lowest BCUT2D eigenvalue weighted by molar-refractivity contribution is 0.118. The van der Waals surface area contributed by atoms with Gasteiger partial charge < -0.3 is 4.90 Å². The van der Waals surface area contributed by atoms with Gasteiger partial charge in [-0.1, -0.05) is 6.07 Å². The molecule has 5 nitrogen and oxygen atoms in total. The van der Waals surface area contributed by atoms with Crippen molar-refractivity contribution in [3.05, 3.63) is 24.4 Å². The summed E-state index contributed by atoms with van der Waals surface area (Å²) in [4.78, 5) is 23.2. The van der Waals surface area contributed by atoms with Crippen LogP contribution >= 0.6 is 0 Å². The van der Waals surface area contributed by atoms with Crippen LogP contribution < -0.4 is 4.90 Å². The van der Waals surface area contributed by atoms with E-state index >= 15 is 0 Å². The molecular formula is C15H20N4O. The van der Waals surface area contributed by atoms with E-state index in [1.54, 1.807) is 6.20 Å². The molecule has 5 heteroatoms. The standard InChI is InChI=1S/C15H20N4O/c20-15-18-8-7-17(9-12-4-5-12)10-13(18)11-19(15)14-3-1-2-6-16-14/h1-3,6,12-13H,4-5,7-11H2/t13-/m1/s1. The fourth-order valence-electron chi connectivity index (χ4n) is 3.31. The number of nitrogens with zero attached hydrogens (tertiary/aromatic N) is 4. The van der Waals surface area contributed by atoms with Crippen molar-refractivity contribution in [3.63, 3.8) is 0 Å². The normalized spacial score (nSPS) is 27.0. The predicted molar refractivity (Wildman–Crippen MR) is 76.6 cm³/mol. The Morgan fingerprint density at radius 3 is 2.85 bits per heavy atom. The van der Waals surface area contributed by atoms with Gasteiger partial charge in [-0.25, -0.2) is 9.78 Å². The third-order valence-corrected chi connectivity index (χ3v) is 4.58. The molecule has 0 radical (unpaired) electrons. The van der Waals surface area contributed by atoms with E-state index < -0.39 is 0 Å². The highest BCUT2D eigenvalue weighted by atomic mass is 16.2. The fraction of sp³-hybridized carbons (Fsp3) is 0.600. The molecule has 1 aromatic heterocycles. The Kier molecular flexibility index (Phi) is 2.88. The molecule has 1 saturated carbocycles. The third kappa shape index (κ3) is 2.16. The van der Waals surface area contributed by atoms with Crippen molar-refractivity contribution in [1.29, 1.82) is 0 Å². The van der Waals surface area contributed by atoms with E-state index in [1.165, 1.54) is 19.4 Å². The number of fused-ring (bicyclic) bond motifs is 1. The summed E-state index contributed by atoms with van der Waals surface area (Å²) < 4.78 is 0. The van der Waals surface area contributed by atoms with Crippen molar-refractivity contribution in [3.8, 4) is 0 Å². The molecule has 1 atom stereocenters. The zero-order chi connectivity index (χ0) is 13.5. The largest absolute Gasteiger partial charge is 0.326 e. The molecule has 3 heterocycles. The van der Waals surface area contributed by atoms with Crippen molar-refractivity contribution < 1.29 is 4.79 Å². The first-order valence-corrected chi connectivity index (χ1v) is 7.53. The Hall–Kier alpha value is -1.62.